The Hall–Kier alpha value is -0.340. The molecule has 100 valence electrons. The van der Waals surface area contributed by atoms with Gasteiger partial charge in [-0.2, -0.15) is 0 Å². The highest BCUT2D eigenvalue weighted by Gasteiger charge is 2.30. The van der Waals surface area contributed by atoms with E-state index in [1.54, 1.807) is 10.4 Å². The molecular weight excluding hydrogens is 238 g/mol. The average Bonchev–Trinajstić information content (AvgIpc) is 2.77. The lowest BCUT2D eigenvalue weighted by molar-refractivity contribution is 0.186. The van der Waals surface area contributed by atoms with Crippen molar-refractivity contribution in [3.63, 3.8) is 0 Å². The van der Waals surface area contributed by atoms with Crippen molar-refractivity contribution in [2.45, 2.75) is 70.9 Å². The molecule has 18 heavy (non-hydrogen) atoms. The van der Waals surface area contributed by atoms with Gasteiger partial charge in [0, 0.05) is 17.0 Å². The van der Waals surface area contributed by atoms with Crippen molar-refractivity contribution in [1.29, 1.82) is 0 Å². The summed E-state index contributed by atoms with van der Waals surface area (Å²) in [4.78, 5) is 1.63. The van der Waals surface area contributed by atoms with Crippen LogP contribution in [0.15, 0.2) is 11.4 Å². The van der Waals surface area contributed by atoms with Crippen LogP contribution in [0, 0.1) is 5.41 Å². The van der Waals surface area contributed by atoms with E-state index in [1.165, 1.54) is 44.9 Å². The second kappa shape index (κ2) is 4.97. The Morgan fingerprint density at radius 2 is 2.17 bits per heavy atom. The smallest absolute Gasteiger partial charge is 0.0333 e. The number of hydrogen-bond acceptors (Lipinski definition) is 2. The topological polar surface area (TPSA) is 12.0 Å². The minimum Gasteiger partial charge on any atom is -0.307 e. The highest BCUT2D eigenvalue weighted by atomic mass is 32.1. The van der Waals surface area contributed by atoms with Crippen molar-refractivity contribution < 1.29 is 0 Å². The summed E-state index contributed by atoms with van der Waals surface area (Å²) in [5.41, 5.74) is 2.15. The maximum absolute atomic E-state index is 3.96. The average molecular weight is 263 g/mol. The van der Waals surface area contributed by atoms with E-state index in [1.807, 2.05) is 11.3 Å². The van der Waals surface area contributed by atoms with Gasteiger partial charge < -0.3 is 5.32 Å². The monoisotopic (exact) mass is 263 g/mol. The summed E-state index contributed by atoms with van der Waals surface area (Å²) in [7, 11) is 0. The van der Waals surface area contributed by atoms with Crippen LogP contribution in [0.4, 0.5) is 0 Å². The van der Waals surface area contributed by atoms with Gasteiger partial charge in [0.2, 0.25) is 0 Å². The summed E-state index contributed by atoms with van der Waals surface area (Å²) in [6, 6.07) is 3.73. The normalized spacial score (nSPS) is 31.0. The summed E-state index contributed by atoms with van der Waals surface area (Å²) in [5.74, 6) is 0. The largest absolute Gasteiger partial charge is 0.307 e. The molecule has 0 spiro atoms. The van der Waals surface area contributed by atoms with Gasteiger partial charge in [-0.25, -0.2) is 0 Å². The zero-order valence-corrected chi connectivity index (χ0v) is 12.5. The van der Waals surface area contributed by atoms with Gasteiger partial charge in [0.1, 0.15) is 0 Å². The van der Waals surface area contributed by atoms with Crippen LogP contribution in [0.5, 0.6) is 0 Å². The molecule has 0 amide bonds. The first-order chi connectivity index (χ1) is 8.64. The van der Waals surface area contributed by atoms with Gasteiger partial charge in [-0.05, 0) is 60.9 Å². The fraction of sp³-hybridized carbons (Fsp3) is 0.750. The minimum atomic E-state index is 0.544. The van der Waals surface area contributed by atoms with E-state index in [0.29, 0.717) is 11.5 Å². The van der Waals surface area contributed by atoms with E-state index in [4.69, 9.17) is 0 Å². The first-order valence-electron chi connectivity index (χ1n) is 7.46. The Labute approximate surface area is 115 Å². The predicted octanol–water partition coefficient (Wildman–Crippen LogP) is 4.68. The second-order valence-electron chi connectivity index (χ2n) is 6.87. The van der Waals surface area contributed by atoms with Crippen LogP contribution in [0.25, 0.3) is 0 Å². The Balaban J connectivity index is 1.67. The molecule has 2 aliphatic rings. The number of nitrogens with one attached hydrogen (secondary N) is 1. The molecule has 1 saturated carbocycles. The molecule has 1 aromatic rings. The molecular formula is C16H25NS. The Morgan fingerprint density at radius 1 is 1.28 bits per heavy atom. The van der Waals surface area contributed by atoms with Crippen LogP contribution < -0.4 is 5.32 Å². The van der Waals surface area contributed by atoms with Crippen molar-refractivity contribution in [1.82, 2.24) is 5.32 Å². The lowest BCUT2D eigenvalue weighted by Gasteiger charge is -2.38. The molecule has 1 nitrogen and oxygen atoms in total. The molecule has 1 aromatic heterocycles. The molecule has 0 aromatic carbocycles. The molecule has 3 rings (SSSR count). The molecule has 1 N–H and O–H groups in total. The van der Waals surface area contributed by atoms with Crippen molar-refractivity contribution in [3.8, 4) is 0 Å². The first kappa shape index (κ1) is 12.7. The molecule has 1 heterocycles. The summed E-state index contributed by atoms with van der Waals surface area (Å²) in [6.45, 7) is 4.86. The van der Waals surface area contributed by atoms with Crippen LogP contribution in [0.3, 0.4) is 0 Å². The maximum Gasteiger partial charge on any atom is 0.0333 e. The van der Waals surface area contributed by atoms with E-state index in [0.717, 1.165) is 6.04 Å². The SMILES string of the molecule is CC1(C)CCCC(NC2CCCc3sccc32)C1. The standard InChI is InChI=1S/C16H25NS/c1-16(2)9-4-5-12(11-16)17-14-6-3-7-15-13(14)8-10-18-15/h8,10,12,14,17H,3-7,9,11H2,1-2H3. The van der Waals surface area contributed by atoms with Gasteiger partial charge >= 0.3 is 0 Å². The second-order valence-corrected chi connectivity index (χ2v) is 7.87. The third kappa shape index (κ3) is 2.65. The van der Waals surface area contributed by atoms with Gasteiger partial charge in [0.25, 0.3) is 0 Å². The third-order valence-corrected chi connectivity index (χ3v) is 5.69. The molecule has 0 radical (unpaired) electrons. The van der Waals surface area contributed by atoms with E-state index >= 15 is 0 Å². The van der Waals surface area contributed by atoms with Crippen LogP contribution in [0.1, 0.15) is 68.9 Å². The summed E-state index contributed by atoms with van der Waals surface area (Å²) >= 11 is 1.95. The van der Waals surface area contributed by atoms with E-state index in [2.05, 4.69) is 30.6 Å². The van der Waals surface area contributed by atoms with Crippen LogP contribution in [-0.2, 0) is 6.42 Å². The molecule has 0 aliphatic heterocycles. The Bertz CT molecular complexity index is 407. The highest BCUT2D eigenvalue weighted by molar-refractivity contribution is 7.10. The van der Waals surface area contributed by atoms with Crippen LogP contribution in [0.2, 0.25) is 0 Å². The quantitative estimate of drug-likeness (QED) is 0.816. The number of thiophene rings is 1. The van der Waals surface area contributed by atoms with E-state index < -0.39 is 0 Å². The molecule has 1 fully saturated rings. The number of rotatable bonds is 2. The highest BCUT2D eigenvalue weighted by Crippen LogP contribution is 2.38. The summed E-state index contributed by atoms with van der Waals surface area (Å²) in [5, 5.41) is 6.24. The molecule has 2 unspecified atom stereocenters. The minimum absolute atomic E-state index is 0.544. The van der Waals surface area contributed by atoms with Gasteiger partial charge in [0.15, 0.2) is 0 Å². The van der Waals surface area contributed by atoms with Crippen molar-refractivity contribution in [3.05, 3.63) is 21.9 Å². The molecule has 0 bridgehead atoms. The summed E-state index contributed by atoms with van der Waals surface area (Å²) < 4.78 is 0. The predicted molar refractivity (Wildman–Crippen MR) is 79.2 cm³/mol. The lowest BCUT2D eigenvalue weighted by atomic mass is 9.74. The number of hydrogen-bond donors (Lipinski definition) is 1. The van der Waals surface area contributed by atoms with Gasteiger partial charge in [-0.1, -0.05) is 20.3 Å². The number of aryl methyl sites for hydroxylation is 1. The molecule has 2 heteroatoms. The Morgan fingerprint density at radius 3 is 3.00 bits per heavy atom. The fourth-order valence-electron chi connectivity index (χ4n) is 3.78. The van der Waals surface area contributed by atoms with E-state index in [9.17, 15) is 0 Å². The van der Waals surface area contributed by atoms with Crippen molar-refractivity contribution >= 4 is 11.3 Å². The van der Waals surface area contributed by atoms with Crippen LogP contribution in [-0.4, -0.2) is 6.04 Å². The maximum atomic E-state index is 3.96. The van der Waals surface area contributed by atoms with Gasteiger partial charge in [-0.3, -0.25) is 0 Å². The third-order valence-electron chi connectivity index (χ3n) is 4.69. The van der Waals surface area contributed by atoms with Crippen molar-refractivity contribution in [2.24, 2.45) is 5.41 Å². The van der Waals surface area contributed by atoms with E-state index in [-0.39, 0.29) is 0 Å². The van der Waals surface area contributed by atoms with Crippen LogP contribution >= 0.6 is 11.3 Å². The van der Waals surface area contributed by atoms with Gasteiger partial charge in [0.05, 0.1) is 0 Å². The zero-order chi connectivity index (χ0) is 12.6. The van der Waals surface area contributed by atoms with Gasteiger partial charge in [-0.15, -0.1) is 11.3 Å². The number of fused-ring (bicyclic) bond motifs is 1. The first-order valence-corrected chi connectivity index (χ1v) is 8.34. The Kier molecular flexibility index (Phi) is 3.50. The fourth-order valence-corrected chi connectivity index (χ4v) is 4.77. The molecule has 2 aliphatic carbocycles. The summed E-state index contributed by atoms with van der Waals surface area (Å²) in [6.07, 6.45) is 9.53. The zero-order valence-electron chi connectivity index (χ0n) is 11.7. The molecule has 0 saturated heterocycles. The molecule has 2 atom stereocenters. The van der Waals surface area contributed by atoms with Crippen molar-refractivity contribution in [2.75, 3.05) is 0 Å². The lowest BCUT2D eigenvalue weighted by Crippen LogP contribution is -2.40.